The molecule has 0 fully saturated rings. The van der Waals surface area contributed by atoms with Crippen LogP contribution in [0.2, 0.25) is 0 Å². The van der Waals surface area contributed by atoms with Crippen LogP contribution in [0, 0.1) is 10.1 Å². The number of hydrazone groups is 1. The Kier molecular flexibility index (Phi) is 5.54. The molecular weight excluding hydrogens is 298 g/mol. The van der Waals surface area contributed by atoms with E-state index in [0.29, 0.717) is 5.56 Å². The SMILES string of the molecule is CO[C@@H](C(=O)N/N=C\c1ccc([N+](=O)[O-])cc1)c1ccccc1. The van der Waals surface area contributed by atoms with Crippen LogP contribution in [0.25, 0.3) is 0 Å². The minimum atomic E-state index is -0.759. The van der Waals surface area contributed by atoms with Crippen molar-refractivity contribution in [2.45, 2.75) is 6.10 Å². The number of nitrogens with one attached hydrogen (secondary N) is 1. The molecule has 23 heavy (non-hydrogen) atoms. The number of rotatable bonds is 6. The predicted octanol–water partition coefficient (Wildman–Crippen LogP) is 2.43. The van der Waals surface area contributed by atoms with Crippen LogP contribution in [0.15, 0.2) is 59.7 Å². The molecule has 1 amide bonds. The highest BCUT2D eigenvalue weighted by Crippen LogP contribution is 2.16. The molecule has 0 aromatic heterocycles. The number of ether oxygens (including phenoxy) is 1. The van der Waals surface area contributed by atoms with E-state index in [1.165, 1.54) is 25.5 Å². The van der Waals surface area contributed by atoms with Crippen LogP contribution in [0.1, 0.15) is 17.2 Å². The number of nitro groups is 1. The van der Waals surface area contributed by atoms with Gasteiger partial charge in [0.15, 0.2) is 6.10 Å². The molecule has 2 aromatic carbocycles. The average Bonchev–Trinajstić information content (AvgIpc) is 2.57. The van der Waals surface area contributed by atoms with Gasteiger partial charge in [-0.1, -0.05) is 30.3 Å². The molecule has 0 bridgehead atoms. The summed E-state index contributed by atoms with van der Waals surface area (Å²) in [6.45, 7) is 0. The molecule has 0 radical (unpaired) electrons. The first kappa shape index (κ1) is 16.3. The quantitative estimate of drug-likeness (QED) is 0.503. The van der Waals surface area contributed by atoms with Crippen LogP contribution in [-0.2, 0) is 9.53 Å². The summed E-state index contributed by atoms with van der Waals surface area (Å²) in [6, 6.07) is 14.9. The lowest BCUT2D eigenvalue weighted by atomic mass is 10.1. The number of non-ortho nitro benzene ring substituents is 1. The van der Waals surface area contributed by atoms with E-state index in [2.05, 4.69) is 10.5 Å². The average molecular weight is 313 g/mol. The van der Waals surface area contributed by atoms with E-state index in [9.17, 15) is 14.9 Å². The molecule has 0 heterocycles. The van der Waals surface area contributed by atoms with Gasteiger partial charge < -0.3 is 4.74 Å². The molecule has 7 heteroatoms. The fourth-order valence-electron chi connectivity index (χ4n) is 1.93. The van der Waals surface area contributed by atoms with Gasteiger partial charge in [-0.2, -0.15) is 5.10 Å². The van der Waals surface area contributed by atoms with E-state index >= 15 is 0 Å². The van der Waals surface area contributed by atoms with Crippen molar-refractivity contribution in [3.8, 4) is 0 Å². The maximum absolute atomic E-state index is 12.1. The topological polar surface area (TPSA) is 93.8 Å². The van der Waals surface area contributed by atoms with Gasteiger partial charge in [-0.3, -0.25) is 14.9 Å². The maximum atomic E-state index is 12.1. The zero-order valence-corrected chi connectivity index (χ0v) is 12.4. The molecule has 1 atom stereocenters. The number of nitrogens with zero attached hydrogens (tertiary/aromatic N) is 2. The number of nitro benzene ring substituents is 1. The summed E-state index contributed by atoms with van der Waals surface area (Å²) in [4.78, 5) is 22.1. The number of hydrogen-bond donors (Lipinski definition) is 1. The first-order valence-electron chi connectivity index (χ1n) is 6.77. The summed E-state index contributed by atoms with van der Waals surface area (Å²) in [6.07, 6.45) is 0.643. The monoisotopic (exact) mass is 313 g/mol. The third-order valence-electron chi connectivity index (χ3n) is 3.07. The number of methoxy groups -OCH3 is 1. The first-order valence-corrected chi connectivity index (χ1v) is 6.77. The molecule has 2 aromatic rings. The highest BCUT2D eigenvalue weighted by atomic mass is 16.6. The normalized spacial score (nSPS) is 12.0. The molecular formula is C16H15N3O4. The number of amides is 1. The fourth-order valence-corrected chi connectivity index (χ4v) is 1.93. The molecule has 0 unspecified atom stereocenters. The van der Waals surface area contributed by atoms with Gasteiger partial charge in [0.25, 0.3) is 11.6 Å². The van der Waals surface area contributed by atoms with Crippen molar-refractivity contribution in [2.75, 3.05) is 7.11 Å². The molecule has 0 aliphatic heterocycles. The molecule has 0 spiro atoms. The van der Waals surface area contributed by atoms with Crippen molar-refractivity contribution in [3.63, 3.8) is 0 Å². The van der Waals surface area contributed by atoms with E-state index in [-0.39, 0.29) is 5.69 Å². The Morgan fingerprint density at radius 2 is 1.87 bits per heavy atom. The summed E-state index contributed by atoms with van der Waals surface area (Å²) in [5.74, 6) is -0.406. The summed E-state index contributed by atoms with van der Waals surface area (Å²) in [7, 11) is 1.44. The Morgan fingerprint density at radius 1 is 1.22 bits per heavy atom. The van der Waals surface area contributed by atoms with Crippen molar-refractivity contribution in [2.24, 2.45) is 5.10 Å². The van der Waals surface area contributed by atoms with Gasteiger partial charge in [0.05, 0.1) is 11.1 Å². The summed E-state index contributed by atoms with van der Waals surface area (Å²) < 4.78 is 5.18. The lowest BCUT2D eigenvalue weighted by Crippen LogP contribution is -2.26. The van der Waals surface area contributed by atoms with Gasteiger partial charge in [0, 0.05) is 19.2 Å². The second-order valence-electron chi connectivity index (χ2n) is 4.61. The molecule has 1 N–H and O–H groups in total. The van der Waals surface area contributed by atoms with Gasteiger partial charge in [0.2, 0.25) is 0 Å². The summed E-state index contributed by atoms with van der Waals surface area (Å²) in [5, 5.41) is 14.4. The number of benzene rings is 2. The second kappa shape index (κ2) is 7.81. The Labute approximate surface area is 132 Å². The van der Waals surface area contributed by atoms with E-state index in [4.69, 9.17) is 4.74 Å². The summed E-state index contributed by atoms with van der Waals surface area (Å²) >= 11 is 0. The Morgan fingerprint density at radius 3 is 2.43 bits per heavy atom. The molecule has 7 nitrogen and oxygen atoms in total. The second-order valence-corrected chi connectivity index (χ2v) is 4.61. The van der Waals surface area contributed by atoms with Gasteiger partial charge in [0.1, 0.15) is 0 Å². The van der Waals surface area contributed by atoms with Crippen molar-refractivity contribution < 1.29 is 14.5 Å². The Bertz CT molecular complexity index is 699. The van der Waals surface area contributed by atoms with Crippen molar-refractivity contribution in [1.82, 2.24) is 5.43 Å². The predicted molar refractivity (Wildman–Crippen MR) is 85.0 cm³/mol. The minimum Gasteiger partial charge on any atom is -0.367 e. The standard InChI is InChI=1S/C16H15N3O4/c1-23-15(13-5-3-2-4-6-13)16(20)18-17-11-12-7-9-14(10-8-12)19(21)22/h2-11,15H,1H3,(H,18,20)/b17-11-/t15-/m1/s1. The van der Waals surface area contributed by atoms with Crippen LogP contribution in [0.3, 0.4) is 0 Å². The van der Waals surface area contributed by atoms with E-state index in [0.717, 1.165) is 5.56 Å². The highest BCUT2D eigenvalue weighted by Gasteiger charge is 2.19. The number of hydrogen-bond acceptors (Lipinski definition) is 5. The van der Waals surface area contributed by atoms with Crippen LogP contribution in [0.4, 0.5) is 5.69 Å². The van der Waals surface area contributed by atoms with E-state index in [1.54, 1.807) is 24.3 Å². The number of carbonyl (C=O) groups is 1. The molecule has 0 saturated heterocycles. The zero-order chi connectivity index (χ0) is 16.7. The lowest BCUT2D eigenvalue weighted by Gasteiger charge is -2.13. The van der Waals surface area contributed by atoms with Crippen molar-refractivity contribution in [3.05, 3.63) is 75.8 Å². The van der Waals surface area contributed by atoms with Crippen LogP contribution < -0.4 is 5.43 Å². The van der Waals surface area contributed by atoms with Crippen LogP contribution in [0.5, 0.6) is 0 Å². The largest absolute Gasteiger partial charge is 0.367 e. The molecule has 0 aliphatic rings. The van der Waals surface area contributed by atoms with Gasteiger partial charge in [-0.15, -0.1) is 0 Å². The van der Waals surface area contributed by atoms with Crippen LogP contribution >= 0.6 is 0 Å². The lowest BCUT2D eigenvalue weighted by molar-refractivity contribution is -0.384. The van der Waals surface area contributed by atoms with E-state index in [1.807, 2.05) is 18.2 Å². The zero-order valence-electron chi connectivity index (χ0n) is 12.4. The van der Waals surface area contributed by atoms with Crippen LogP contribution in [-0.4, -0.2) is 24.2 Å². The smallest absolute Gasteiger partial charge is 0.273 e. The van der Waals surface area contributed by atoms with E-state index < -0.39 is 16.9 Å². The maximum Gasteiger partial charge on any atom is 0.273 e. The highest BCUT2D eigenvalue weighted by molar-refractivity contribution is 5.85. The van der Waals surface area contributed by atoms with Gasteiger partial charge >= 0.3 is 0 Å². The minimum absolute atomic E-state index is 0.00490. The fraction of sp³-hybridized carbons (Fsp3) is 0.125. The third-order valence-corrected chi connectivity index (χ3v) is 3.07. The number of carbonyl (C=O) groups excluding carboxylic acids is 1. The first-order chi connectivity index (χ1) is 11.1. The molecule has 2 rings (SSSR count). The Hall–Kier alpha value is -3.06. The Balaban J connectivity index is 1.98. The summed E-state index contributed by atoms with van der Waals surface area (Å²) in [5.41, 5.74) is 3.73. The van der Waals surface area contributed by atoms with Gasteiger partial charge in [-0.25, -0.2) is 5.43 Å². The molecule has 118 valence electrons. The molecule has 0 aliphatic carbocycles. The van der Waals surface area contributed by atoms with Crippen molar-refractivity contribution >= 4 is 17.8 Å². The third kappa shape index (κ3) is 4.45. The van der Waals surface area contributed by atoms with Gasteiger partial charge in [-0.05, 0) is 23.3 Å². The molecule has 0 saturated carbocycles. The van der Waals surface area contributed by atoms with Crippen molar-refractivity contribution in [1.29, 1.82) is 0 Å².